The van der Waals surface area contributed by atoms with Crippen LogP contribution >= 0.6 is 11.3 Å². The molecule has 1 aliphatic rings. The largest absolute Gasteiger partial charge is 0.332 e. The number of thiazole rings is 1. The number of aromatic nitrogens is 1. The minimum atomic E-state index is -1.22. The summed E-state index contributed by atoms with van der Waals surface area (Å²) in [6.07, 6.45) is 0.812. The number of carbonyl (C=O) groups excluding carboxylic acids is 1. The smallest absolute Gasteiger partial charge is 0.252 e. The lowest BCUT2D eigenvalue weighted by atomic mass is 9.50. The fourth-order valence-corrected chi connectivity index (χ4v) is 4.72. The Bertz CT molecular complexity index is 770. The molecule has 1 heterocycles. The Morgan fingerprint density at radius 1 is 1.12 bits per heavy atom. The first-order chi connectivity index (χ1) is 11.5. The number of rotatable bonds is 5. The monoisotopic (exact) mass is 362 g/mol. The van der Waals surface area contributed by atoms with E-state index < -0.39 is 10.6 Å². The van der Waals surface area contributed by atoms with Gasteiger partial charge in [0.2, 0.25) is 0 Å². The molecule has 1 saturated carbocycles. The van der Waals surface area contributed by atoms with Gasteiger partial charge in [-0.05, 0) is 36.4 Å². The highest BCUT2D eigenvalue weighted by atomic mass is 32.1. The maximum Gasteiger partial charge on any atom is 0.252 e. The summed E-state index contributed by atoms with van der Waals surface area (Å²) in [6, 6.07) is 0. The molecular weight excluding hydrogens is 336 g/mol. The molecule has 0 spiro atoms. The van der Waals surface area contributed by atoms with Crippen molar-refractivity contribution in [1.29, 1.82) is 0 Å². The molecular formula is C18H26B4N2OS. The van der Waals surface area contributed by atoms with Crippen LogP contribution in [-0.2, 0) is 10.1 Å². The zero-order valence-corrected chi connectivity index (χ0v) is 17.8. The lowest BCUT2D eigenvalue weighted by molar-refractivity contribution is -0.120. The Morgan fingerprint density at radius 2 is 1.62 bits per heavy atom. The molecule has 0 bridgehead atoms. The van der Waals surface area contributed by atoms with Gasteiger partial charge >= 0.3 is 0 Å². The predicted molar refractivity (Wildman–Crippen MR) is 112 cm³/mol. The molecule has 0 aliphatic heterocycles. The second-order valence-corrected chi connectivity index (χ2v) is 10.4. The number of amides is 1. The maximum atomic E-state index is 12.8. The van der Waals surface area contributed by atoms with Crippen molar-refractivity contribution < 1.29 is 4.79 Å². The normalized spacial score (nSPS) is 20.3. The topological polar surface area (TPSA) is 34.4 Å². The summed E-state index contributed by atoms with van der Waals surface area (Å²) in [5.74, 6) is -0.222. The SMILES string of the molecule is [B]C([B])(C)CCC([B])([B])n1c(C)c(C)sc1=NC(=O)C1C(C)(C)C1(C)C. The fraction of sp³-hybridized carbons (Fsp3) is 0.778. The quantitative estimate of drug-likeness (QED) is 0.742. The van der Waals surface area contributed by atoms with Gasteiger partial charge in [-0.1, -0.05) is 41.0 Å². The summed E-state index contributed by atoms with van der Waals surface area (Å²) in [4.78, 5) is 18.8. The number of aryl methyl sites for hydroxylation is 1. The molecule has 8 heteroatoms. The summed E-state index contributed by atoms with van der Waals surface area (Å²) in [7, 11) is 24.5. The van der Waals surface area contributed by atoms with Gasteiger partial charge in [0.15, 0.2) is 4.80 Å². The van der Waals surface area contributed by atoms with Crippen LogP contribution in [0.3, 0.4) is 0 Å². The molecule has 3 nitrogen and oxygen atoms in total. The highest BCUT2D eigenvalue weighted by Crippen LogP contribution is 2.68. The Morgan fingerprint density at radius 3 is 2.04 bits per heavy atom. The number of hydrogen-bond acceptors (Lipinski definition) is 2. The molecule has 1 aliphatic carbocycles. The van der Waals surface area contributed by atoms with Crippen molar-refractivity contribution in [2.24, 2.45) is 21.7 Å². The lowest BCUT2D eigenvalue weighted by Gasteiger charge is -2.33. The van der Waals surface area contributed by atoms with Gasteiger partial charge < -0.3 is 4.57 Å². The van der Waals surface area contributed by atoms with E-state index in [2.05, 4.69) is 32.7 Å². The lowest BCUT2D eigenvalue weighted by Crippen LogP contribution is -2.42. The fourth-order valence-electron chi connectivity index (χ4n) is 3.67. The van der Waals surface area contributed by atoms with E-state index >= 15 is 0 Å². The Kier molecular flexibility index (Phi) is 5.38. The van der Waals surface area contributed by atoms with Crippen LogP contribution < -0.4 is 4.80 Å². The van der Waals surface area contributed by atoms with E-state index in [1.807, 2.05) is 13.8 Å². The number of nitrogens with zero attached hydrogens (tertiary/aromatic N) is 2. The molecule has 1 amide bonds. The first kappa shape index (κ1) is 21.7. The number of carbonyl (C=O) groups is 1. The third-order valence-corrected chi connectivity index (χ3v) is 7.29. The second kappa shape index (κ2) is 6.46. The second-order valence-electron chi connectivity index (χ2n) is 9.19. The minimum absolute atomic E-state index is 0.0663. The van der Waals surface area contributed by atoms with Crippen molar-refractivity contribution in [3.8, 4) is 0 Å². The first-order valence-electron chi connectivity index (χ1n) is 8.96. The van der Waals surface area contributed by atoms with Gasteiger partial charge in [0.05, 0.1) is 37.3 Å². The van der Waals surface area contributed by atoms with Crippen LogP contribution in [0.5, 0.6) is 0 Å². The summed E-state index contributed by atoms with van der Waals surface area (Å²) in [6.45, 7) is 14.0. The van der Waals surface area contributed by atoms with E-state index in [1.165, 1.54) is 11.3 Å². The third-order valence-electron chi connectivity index (χ3n) is 6.23. The molecule has 0 aromatic carbocycles. The highest BCUT2D eigenvalue weighted by Gasteiger charge is 2.68. The summed E-state index contributed by atoms with van der Waals surface area (Å²) in [5.41, 5.74) is 0.767. The van der Waals surface area contributed by atoms with E-state index in [0.29, 0.717) is 17.6 Å². The first-order valence-corrected chi connectivity index (χ1v) is 9.77. The van der Waals surface area contributed by atoms with Gasteiger partial charge in [0.1, 0.15) is 0 Å². The van der Waals surface area contributed by atoms with Crippen molar-refractivity contribution >= 4 is 48.6 Å². The Hall–Kier alpha value is -0.640. The molecule has 1 aromatic rings. The highest BCUT2D eigenvalue weighted by molar-refractivity contribution is 7.09. The molecule has 2 rings (SSSR count). The van der Waals surface area contributed by atoms with Crippen molar-refractivity contribution in [2.75, 3.05) is 0 Å². The summed E-state index contributed by atoms with van der Waals surface area (Å²) >= 11 is 1.43. The average Bonchev–Trinajstić information content (AvgIpc) is 2.66. The van der Waals surface area contributed by atoms with Crippen LogP contribution in [0.4, 0.5) is 0 Å². The van der Waals surface area contributed by atoms with E-state index in [9.17, 15) is 4.79 Å². The van der Waals surface area contributed by atoms with Gasteiger partial charge in [-0.25, -0.2) is 0 Å². The van der Waals surface area contributed by atoms with E-state index in [1.54, 1.807) is 11.5 Å². The molecule has 26 heavy (non-hydrogen) atoms. The minimum Gasteiger partial charge on any atom is -0.332 e. The number of hydrogen-bond donors (Lipinski definition) is 0. The molecule has 0 unspecified atom stereocenters. The standard InChI is InChI=1S/C18H26B4N2OS/c1-10-11(2)26-14(23-13(25)12-15(3,4)16(12,5)6)24(10)18(21,22)9-8-17(7,19)20/h12H,8-9H2,1-7H3. The zero-order valence-electron chi connectivity index (χ0n) is 17.0. The molecule has 0 saturated heterocycles. The van der Waals surface area contributed by atoms with Gasteiger partial charge in [-0.15, -0.1) is 16.6 Å². The zero-order chi connectivity index (χ0) is 20.3. The molecule has 1 fully saturated rings. The summed E-state index contributed by atoms with van der Waals surface area (Å²) < 4.78 is 1.75. The van der Waals surface area contributed by atoms with Crippen molar-refractivity contribution in [1.82, 2.24) is 4.57 Å². The van der Waals surface area contributed by atoms with Gasteiger partial charge in [0, 0.05) is 10.6 Å². The van der Waals surface area contributed by atoms with Crippen LogP contribution in [0.15, 0.2) is 4.99 Å². The molecule has 1 aromatic heterocycles. The van der Waals surface area contributed by atoms with Crippen LogP contribution in [0, 0.1) is 30.6 Å². The molecule has 0 N–H and O–H groups in total. The molecule has 0 atom stereocenters. The van der Waals surface area contributed by atoms with Crippen LogP contribution in [0.1, 0.15) is 58.0 Å². The Labute approximate surface area is 167 Å². The van der Waals surface area contributed by atoms with E-state index in [-0.39, 0.29) is 22.7 Å². The molecule has 132 valence electrons. The summed E-state index contributed by atoms with van der Waals surface area (Å²) in [5, 5.41) is -2.08. The Balaban J connectivity index is 2.43. The van der Waals surface area contributed by atoms with Gasteiger partial charge in [0.25, 0.3) is 5.91 Å². The van der Waals surface area contributed by atoms with Crippen molar-refractivity contribution in [3.05, 3.63) is 15.4 Å². The van der Waals surface area contributed by atoms with Gasteiger partial charge in [-0.2, -0.15) is 4.99 Å². The average molecular weight is 362 g/mol. The van der Waals surface area contributed by atoms with E-state index in [4.69, 9.17) is 31.4 Å². The van der Waals surface area contributed by atoms with Crippen LogP contribution in [0.2, 0.25) is 5.21 Å². The molecule has 8 radical (unpaired) electrons. The van der Waals surface area contributed by atoms with Crippen LogP contribution in [-0.4, -0.2) is 41.9 Å². The van der Waals surface area contributed by atoms with Crippen LogP contribution in [0.25, 0.3) is 0 Å². The van der Waals surface area contributed by atoms with Crippen molar-refractivity contribution in [2.45, 2.75) is 71.9 Å². The predicted octanol–water partition coefficient (Wildman–Crippen LogP) is 2.48. The third kappa shape index (κ3) is 3.81. The van der Waals surface area contributed by atoms with Gasteiger partial charge in [-0.3, -0.25) is 4.79 Å². The van der Waals surface area contributed by atoms with E-state index in [0.717, 1.165) is 10.6 Å². The van der Waals surface area contributed by atoms with Crippen molar-refractivity contribution in [3.63, 3.8) is 0 Å². The maximum absolute atomic E-state index is 12.8.